The maximum atomic E-state index is 12.0. The average Bonchev–Trinajstić information content (AvgIpc) is 2.66. The van der Waals surface area contributed by atoms with Crippen LogP contribution in [0.25, 0.3) is 0 Å². The van der Waals surface area contributed by atoms with Gasteiger partial charge in [0.25, 0.3) is 0 Å². The molecule has 0 fully saturated rings. The second kappa shape index (κ2) is 7.45. The first-order valence-electron chi connectivity index (χ1n) is 6.02. The van der Waals surface area contributed by atoms with Gasteiger partial charge in [-0.3, -0.25) is 9.48 Å². The summed E-state index contributed by atoms with van der Waals surface area (Å²) in [6.45, 7) is 6.00. The highest BCUT2D eigenvalue weighted by Gasteiger charge is 2.16. The third kappa shape index (κ3) is 4.13. The average molecular weight is 259 g/mol. The van der Waals surface area contributed by atoms with Gasteiger partial charge >= 0.3 is 0 Å². The summed E-state index contributed by atoms with van der Waals surface area (Å²) >= 11 is 5.98. The van der Waals surface area contributed by atoms with Crippen molar-refractivity contribution in [2.45, 2.75) is 39.7 Å². The molecule has 0 spiro atoms. The van der Waals surface area contributed by atoms with Crippen molar-refractivity contribution < 1.29 is 9.53 Å². The fourth-order valence-electron chi connectivity index (χ4n) is 1.62. The van der Waals surface area contributed by atoms with E-state index in [-0.39, 0.29) is 5.78 Å². The molecule has 1 rings (SSSR count). The Kier molecular flexibility index (Phi) is 6.22. The summed E-state index contributed by atoms with van der Waals surface area (Å²) < 4.78 is 6.89. The molecule has 1 aromatic heterocycles. The molecule has 0 aromatic carbocycles. The van der Waals surface area contributed by atoms with E-state index in [1.807, 2.05) is 13.8 Å². The lowest BCUT2D eigenvalue weighted by Crippen LogP contribution is -2.11. The fraction of sp³-hybridized carbons (Fsp3) is 0.667. The molecule has 17 heavy (non-hydrogen) atoms. The Morgan fingerprint density at radius 1 is 1.53 bits per heavy atom. The number of hydrogen-bond acceptors (Lipinski definition) is 3. The van der Waals surface area contributed by atoms with E-state index in [1.165, 1.54) is 6.20 Å². The van der Waals surface area contributed by atoms with Gasteiger partial charge in [-0.25, -0.2) is 0 Å². The highest BCUT2D eigenvalue weighted by Crippen LogP contribution is 2.18. The van der Waals surface area contributed by atoms with E-state index < -0.39 is 0 Å². The van der Waals surface area contributed by atoms with Gasteiger partial charge in [0.1, 0.15) is 5.69 Å². The van der Waals surface area contributed by atoms with Crippen LogP contribution < -0.4 is 0 Å². The van der Waals surface area contributed by atoms with Crippen LogP contribution in [0.2, 0.25) is 5.02 Å². The second-order valence-corrected chi connectivity index (χ2v) is 4.20. The van der Waals surface area contributed by atoms with Gasteiger partial charge in [0.15, 0.2) is 5.78 Å². The van der Waals surface area contributed by atoms with Crippen LogP contribution in [0.4, 0.5) is 0 Å². The van der Waals surface area contributed by atoms with Crippen molar-refractivity contribution in [1.82, 2.24) is 9.78 Å². The first-order chi connectivity index (χ1) is 8.20. The zero-order valence-corrected chi connectivity index (χ0v) is 11.2. The maximum absolute atomic E-state index is 12.0. The summed E-state index contributed by atoms with van der Waals surface area (Å²) in [7, 11) is 0. The smallest absolute Gasteiger partial charge is 0.182 e. The zero-order valence-electron chi connectivity index (χ0n) is 10.4. The summed E-state index contributed by atoms with van der Waals surface area (Å²) in [5.41, 5.74) is 0.532. The lowest BCUT2D eigenvalue weighted by atomic mass is 10.1. The SMILES string of the molecule is CCCn1ncc(Cl)c1C(=O)CCCOCC. The quantitative estimate of drug-likeness (QED) is 0.532. The van der Waals surface area contributed by atoms with E-state index >= 15 is 0 Å². The summed E-state index contributed by atoms with van der Waals surface area (Å²) in [6.07, 6.45) is 3.64. The van der Waals surface area contributed by atoms with Gasteiger partial charge in [-0.2, -0.15) is 5.10 Å². The number of nitrogens with zero attached hydrogens (tertiary/aromatic N) is 2. The van der Waals surface area contributed by atoms with Crippen molar-refractivity contribution in [1.29, 1.82) is 0 Å². The molecule has 96 valence electrons. The molecule has 1 aromatic rings. The Hall–Kier alpha value is -0.870. The van der Waals surface area contributed by atoms with Crippen LogP contribution in [0, 0.1) is 0 Å². The van der Waals surface area contributed by atoms with E-state index in [4.69, 9.17) is 16.3 Å². The Balaban J connectivity index is 2.58. The molecule has 0 saturated carbocycles. The van der Waals surface area contributed by atoms with Crippen LogP contribution in [0.15, 0.2) is 6.20 Å². The van der Waals surface area contributed by atoms with Crippen LogP contribution in [-0.2, 0) is 11.3 Å². The van der Waals surface area contributed by atoms with Crippen LogP contribution >= 0.6 is 11.6 Å². The third-order valence-corrected chi connectivity index (χ3v) is 2.67. The number of hydrogen-bond donors (Lipinski definition) is 0. The molecule has 0 amide bonds. The highest BCUT2D eigenvalue weighted by molar-refractivity contribution is 6.33. The Labute approximate surface area is 107 Å². The number of Topliss-reactive ketones (excluding diaryl/α,β-unsaturated/α-hetero) is 1. The van der Waals surface area contributed by atoms with E-state index in [0.29, 0.717) is 30.4 Å². The van der Waals surface area contributed by atoms with Crippen molar-refractivity contribution in [3.8, 4) is 0 Å². The van der Waals surface area contributed by atoms with Crippen molar-refractivity contribution in [2.75, 3.05) is 13.2 Å². The molecular formula is C12H19ClN2O2. The van der Waals surface area contributed by atoms with Crippen LogP contribution in [0.3, 0.4) is 0 Å². The van der Waals surface area contributed by atoms with Crippen LogP contribution in [0.5, 0.6) is 0 Å². The summed E-state index contributed by atoms with van der Waals surface area (Å²) in [6, 6.07) is 0. The monoisotopic (exact) mass is 258 g/mol. The first kappa shape index (κ1) is 14.2. The molecule has 0 aliphatic carbocycles. The molecule has 0 N–H and O–H groups in total. The van der Waals surface area contributed by atoms with Crippen molar-refractivity contribution in [3.63, 3.8) is 0 Å². The largest absolute Gasteiger partial charge is 0.382 e. The Bertz CT molecular complexity index is 363. The molecular weight excluding hydrogens is 240 g/mol. The van der Waals surface area contributed by atoms with Crippen molar-refractivity contribution >= 4 is 17.4 Å². The molecule has 0 unspecified atom stereocenters. The summed E-state index contributed by atoms with van der Waals surface area (Å²) in [5, 5.41) is 4.55. The Morgan fingerprint density at radius 2 is 2.29 bits per heavy atom. The lowest BCUT2D eigenvalue weighted by Gasteiger charge is -2.06. The number of aryl methyl sites for hydroxylation is 1. The molecule has 4 nitrogen and oxygen atoms in total. The third-order valence-electron chi connectivity index (χ3n) is 2.39. The molecule has 5 heteroatoms. The van der Waals surface area contributed by atoms with Gasteiger partial charge in [0, 0.05) is 26.2 Å². The number of rotatable bonds is 8. The van der Waals surface area contributed by atoms with Gasteiger partial charge in [0.2, 0.25) is 0 Å². The minimum Gasteiger partial charge on any atom is -0.382 e. The van der Waals surface area contributed by atoms with Gasteiger partial charge in [-0.15, -0.1) is 0 Å². The molecule has 0 aliphatic rings. The normalized spacial score (nSPS) is 10.8. The molecule has 0 atom stereocenters. The Morgan fingerprint density at radius 3 is 2.94 bits per heavy atom. The van der Waals surface area contributed by atoms with Gasteiger partial charge in [-0.1, -0.05) is 18.5 Å². The predicted octanol–water partition coefficient (Wildman–Crippen LogP) is 2.95. The number of ether oxygens (including phenoxy) is 1. The molecule has 0 radical (unpaired) electrons. The van der Waals surface area contributed by atoms with Crippen molar-refractivity contribution in [2.24, 2.45) is 0 Å². The van der Waals surface area contributed by atoms with E-state index in [0.717, 1.165) is 19.4 Å². The maximum Gasteiger partial charge on any atom is 0.182 e. The number of halogens is 1. The number of aromatic nitrogens is 2. The molecule has 0 bridgehead atoms. The van der Waals surface area contributed by atoms with Crippen molar-refractivity contribution in [3.05, 3.63) is 16.9 Å². The minimum atomic E-state index is 0.0423. The summed E-state index contributed by atoms with van der Waals surface area (Å²) in [5.74, 6) is 0.0423. The van der Waals surface area contributed by atoms with E-state index in [2.05, 4.69) is 5.10 Å². The van der Waals surface area contributed by atoms with E-state index in [9.17, 15) is 4.79 Å². The molecule has 1 heterocycles. The van der Waals surface area contributed by atoms with Crippen LogP contribution in [0.1, 0.15) is 43.6 Å². The topological polar surface area (TPSA) is 44.1 Å². The number of ketones is 1. The van der Waals surface area contributed by atoms with Gasteiger partial charge in [-0.05, 0) is 19.8 Å². The summed E-state index contributed by atoms with van der Waals surface area (Å²) in [4.78, 5) is 12.0. The first-order valence-corrected chi connectivity index (χ1v) is 6.40. The minimum absolute atomic E-state index is 0.0423. The van der Waals surface area contributed by atoms with E-state index in [1.54, 1.807) is 4.68 Å². The fourth-order valence-corrected chi connectivity index (χ4v) is 1.87. The standard InChI is InChI=1S/C12H19ClN2O2/c1-3-7-15-12(10(13)9-14-15)11(16)6-5-8-17-4-2/h9H,3-8H2,1-2H3. The number of carbonyl (C=O) groups excluding carboxylic acids is 1. The van der Waals surface area contributed by atoms with Crippen LogP contribution in [-0.4, -0.2) is 28.8 Å². The highest BCUT2D eigenvalue weighted by atomic mass is 35.5. The predicted molar refractivity (Wildman–Crippen MR) is 67.6 cm³/mol. The molecule has 0 saturated heterocycles. The van der Waals surface area contributed by atoms with Gasteiger partial charge < -0.3 is 4.74 Å². The zero-order chi connectivity index (χ0) is 12.7. The van der Waals surface area contributed by atoms with Gasteiger partial charge in [0.05, 0.1) is 11.2 Å². The lowest BCUT2D eigenvalue weighted by molar-refractivity contribution is 0.0937. The molecule has 0 aliphatic heterocycles. The number of carbonyl (C=O) groups is 1. The second-order valence-electron chi connectivity index (χ2n) is 3.79.